The molecule has 21 heavy (non-hydrogen) atoms. The Bertz CT molecular complexity index is 603. The molecule has 0 saturated heterocycles. The summed E-state index contributed by atoms with van der Waals surface area (Å²) in [6.45, 7) is 0.669. The zero-order valence-electron chi connectivity index (χ0n) is 11.7. The van der Waals surface area contributed by atoms with Crippen molar-refractivity contribution in [2.45, 2.75) is 31.8 Å². The lowest BCUT2D eigenvalue weighted by Gasteiger charge is -2.32. The van der Waals surface area contributed by atoms with Gasteiger partial charge < -0.3 is 14.9 Å². The van der Waals surface area contributed by atoms with E-state index in [0.29, 0.717) is 19.4 Å². The molecule has 3 rings (SSSR count). The van der Waals surface area contributed by atoms with Crippen molar-refractivity contribution in [3.05, 3.63) is 53.4 Å². The van der Waals surface area contributed by atoms with E-state index in [9.17, 15) is 4.79 Å². The van der Waals surface area contributed by atoms with Crippen LogP contribution in [0.25, 0.3) is 0 Å². The van der Waals surface area contributed by atoms with Crippen molar-refractivity contribution in [1.82, 2.24) is 10.5 Å². The summed E-state index contributed by atoms with van der Waals surface area (Å²) in [6, 6.07) is 10.4. The van der Waals surface area contributed by atoms with Gasteiger partial charge in [0.2, 0.25) is 0 Å². The van der Waals surface area contributed by atoms with Crippen molar-refractivity contribution < 1.29 is 14.4 Å². The highest BCUT2D eigenvalue weighted by Gasteiger charge is 2.34. The molecule has 110 valence electrons. The zero-order valence-corrected chi connectivity index (χ0v) is 11.7. The fourth-order valence-electron chi connectivity index (χ4n) is 2.60. The number of carbonyl (C=O) groups is 1. The summed E-state index contributed by atoms with van der Waals surface area (Å²) in [5.74, 6) is -0.878. The minimum absolute atomic E-state index is 0.186. The van der Waals surface area contributed by atoms with Gasteiger partial charge in [-0.25, -0.2) is 0 Å². The summed E-state index contributed by atoms with van der Waals surface area (Å²) in [4.78, 5) is 10.8. The second-order valence-corrected chi connectivity index (χ2v) is 5.53. The van der Waals surface area contributed by atoms with Crippen LogP contribution in [0, 0.1) is 5.92 Å². The predicted octanol–water partition coefficient (Wildman–Crippen LogP) is 2.22. The maximum atomic E-state index is 10.8. The molecule has 5 heteroatoms. The van der Waals surface area contributed by atoms with Crippen LogP contribution >= 0.6 is 0 Å². The molecule has 1 heterocycles. The van der Waals surface area contributed by atoms with E-state index in [1.165, 1.54) is 5.56 Å². The molecule has 1 saturated carbocycles. The molecule has 2 aromatic rings. The predicted molar refractivity (Wildman–Crippen MR) is 76.7 cm³/mol. The first kappa shape index (κ1) is 13.8. The van der Waals surface area contributed by atoms with E-state index < -0.39 is 5.97 Å². The lowest BCUT2D eigenvalue weighted by molar-refractivity contribution is -0.145. The number of hydrogen-bond donors (Lipinski definition) is 2. The second-order valence-electron chi connectivity index (χ2n) is 5.53. The van der Waals surface area contributed by atoms with Crippen molar-refractivity contribution in [2.75, 3.05) is 0 Å². The quantitative estimate of drug-likeness (QED) is 0.851. The minimum Gasteiger partial charge on any atom is -0.481 e. The number of benzene rings is 1. The Kier molecular flexibility index (Phi) is 4.01. The first-order valence-electron chi connectivity index (χ1n) is 7.14. The zero-order chi connectivity index (χ0) is 14.7. The van der Waals surface area contributed by atoms with Gasteiger partial charge in [0.25, 0.3) is 0 Å². The van der Waals surface area contributed by atoms with Gasteiger partial charge in [0, 0.05) is 24.6 Å². The molecule has 1 aromatic carbocycles. The van der Waals surface area contributed by atoms with Crippen LogP contribution in [0.3, 0.4) is 0 Å². The lowest BCUT2D eigenvalue weighted by Crippen LogP contribution is -2.43. The SMILES string of the molecule is O=C(O)C1CC(NCc2conc2Cc2ccccc2)C1. The van der Waals surface area contributed by atoms with Gasteiger partial charge in [0.05, 0.1) is 11.6 Å². The Balaban J connectivity index is 1.53. The normalized spacial score (nSPS) is 21.0. The van der Waals surface area contributed by atoms with E-state index in [1.54, 1.807) is 6.26 Å². The van der Waals surface area contributed by atoms with E-state index in [-0.39, 0.29) is 12.0 Å². The number of aliphatic carboxylic acids is 1. The molecule has 1 fully saturated rings. The fraction of sp³-hybridized carbons (Fsp3) is 0.375. The molecule has 0 atom stereocenters. The Morgan fingerprint density at radius 1 is 1.33 bits per heavy atom. The van der Waals surface area contributed by atoms with Gasteiger partial charge in [0.1, 0.15) is 6.26 Å². The summed E-state index contributed by atoms with van der Waals surface area (Å²) in [5, 5.41) is 16.3. The molecule has 0 unspecified atom stereocenters. The molecule has 0 amide bonds. The first-order chi connectivity index (χ1) is 10.2. The Labute approximate surface area is 123 Å². The van der Waals surface area contributed by atoms with Crippen molar-refractivity contribution in [3.63, 3.8) is 0 Å². The fourth-order valence-corrected chi connectivity index (χ4v) is 2.60. The number of hydrogen-bond acceptors (Lipinski definition) is 4. The number of rotatable bonds is 6. The Hall–Kier alpha value is -2.14. The molecule has 1 aromatic heterocycles. The summed E-state index contributed by atoms with van der Waals surface area (Å²) in [7, 11) is 0. The molecule has 0 bridgehead atoms. The smallest absolute Gasteiger partial charge is 0.306 e. The van der Waals surface area contributed by atoms with Gasteiger partial charge in [-0.2, -0.15) is 0 Å². The first-order valence-corrected chi connectivity index (χ1v) is 7.14. The van der Waals surface area contributed by atoms with Gasteiger partial charge in [-0.3, -0.25) is 4.79 Å². The van der Waals surface area contributed by atoms with Gasteiger partial charge in [-0.1, -0.05) is 35.5 Å². The average Bonchev–Trinajstić information content (AvgIpc) is 2.85. The maximum absolute atomic E-state index is 10.8. The van der Waals surface area contributed by atoms with Crippen LogP contribution < -0.4 is 5.32 Å². The largest absolute Gasteiger partial charge is 0.481 e. The van der Waals surface area contributed by atoms with E-state index in [2.05, 4.69) is 22.6 Å². The topological polar surface area (TPSA) is 75.4 Å². The van der Waals surface area contributed by atoms with E-state index in [4.69, 9.17) is 9.63 Å². The summed E-state index contributed by atoms with van der Waals surface area (Å²) in [6.07, 6.45) is 3.82. The van der Waals surface area contributed by atoms with Crippen LogP contribution in [-0.2, 0) is 17.8 Å². The third kappa shape index (κ3) is 3.31. The Morgan fingerprint density at radius 2 is 2.10 bits per heavy atom. The maximum Gasteiger partial charge on any atom is 0.306 e. The van der Waals surface area contributed by atoms with Crippen molar-refractivity contribution in [2.24, 2.45) is 5.92 Å². The monoisotopic (exact) mass is 286 g/mol. The standard InChI is InChI=1S/C16H18N2O3/c19-16(20)12-7-14(8-12)17-9-13-10-21-18-15(13)6-11-4-2-1-3-5-11/h1-5,10,12,14,17H,6-9H2,(H,19,20). The summed E-state index contributed by atoms with van der Waals surface area (Å²) < 4.78 is 5.08. The molecule has 5 nitrogen and oxygen atoms in total. The molecule has 0 radical (unpaired) electrons. The lowest BCUT2D eigenvalue weighted by atomic mass is 9.80. The van der Waals surface area contributed by atoms with Crippen LogP contribution in [0.2, 0.25) is 0 Å². The van der Waals surface area contributed by atoms with Gasteiger partial charge in [0.15, 0.2) is 0 Å². The van der Waals surface area contributed by atoms with Crippen LogP contribution in [0.1, 0.15) is 29.7 Å². The number of carboxylic acids is 1. The summed E-state index contributed by atoms with van der Waals surface area (Å²) in [5.41, 5.74) is 3.17. The third-order valence-electron chi connectivity index (χ3n) is 4.01. The number of carboxylic acid groups (broad SMARTS) is 1. The summed E-state index contributed by atoms with van der Waals surface area (Å²) >= 11 is 0. The van der Waals surface area contributed by atoms with Crippen molar-refractivity contribution in [3.8, 4) is 0 Å². The molecule has 2 N–H and O–H groups in total. The molecule has 1 aliphatic rings. The molecular weight excluding hydrogens is 268 g/mol. The molecule has 0 aliphatic heterocycles. The highest BCUT2D eigenvalue weighted by molar-refractivity contribution is 5.71. The number of aromatic nitrogens is 1. The van der Waals surface area contributed by atoms with E-state index in [1.807, 2.05) is 18.2 Å². The number of nitrogens with zero attached hydrogens (tertiary/aromatic N) is 1. The van der Waals surface area contributed by atoms with Gasteiger partial charge in [-0.05, 0) is 18.4 Å². The van der Waals surface area contributed by atoms with Crippen molar-refractivity contribution >= 4 is 5.97 Å². The minimum atomic E-state index is -0.692. The third-order valence-corrected chi connectivity index (χ3v) is 4.01. The van der Waals surface area contributed by atoms with Crippen LogP contribution in [-0.4, -0.2) is 22.3 Å². The van der Waals surface area contributed by atoms with Crippen molar-refractivity contribution in [1.29, 1.82) is 0 Å². The number of nitrogens with one attached hydrogen (secondary N) is 1. The second kappa shape index (κ2) is 6.10. The van der Waals surface area contributed by atoms with E-state index >= 15 is 0 Å². The van der Waals surface area contributed by atoms with Gasteiger partial charge in [-0.15, -0.1) is 0 Å². The average molecular weight is 286 g/mol. The molecule has 1 aliphatic carbocycles. The van der Waals surface area contributed by atoms with Crippen LogP contribution in [0.15, 0.2) is 41.1 Å². The van der Waals surface area contributed by atoms with Gasteiger partial charge >= 0.3 is 5.97 Å². The molecule has 0 spiro atoms. The highest BCUT2D eigenvalue weighted by Crippen LogP contribution is 2.27. The van der Waals surface area contributed by atoms with Crippen LogP contribution in [0.5, 0.6) is 0 Å². The highest BCUT2D eigenvalue weighted by atomic mass is 16.5. The van der Waals surface area contributed by atoms with E-state index in [0.717, 1.165) is 17.7 Å². The molecular formula is C16H18N2O3. The van der Waals surface area contributed by atoms with Crippen LogP contribution in [0.4, 0.5) is 0 Å². The Morgan fingerprint density at radius 3 is 2.81 bits per heavy atom.